The third-order valence-electron chi connectivity index (χ3n) is 2.95. The summed E-state index contributed by atoms with van der Waals surface area (Å²) in [4.78, 5) is 10.8. The normalized spacial score (nSPS) is 11.8. The van der Waals surface area contributed by atoms with Gasteiger partial charge in [0.1, 0.15) is 11.6 Å². The van der Waals surface area contributed by atoms with Gasteiger partial charge in [-0.15, -0.1) is 0 Å². The Hall–Kier alpha value is -2.63. The summed E-state index contributed by atoms with van der Waals surface area (Å²) < 4.78 is 27.4. The van der Waals surface area contributed by atoms with Gasteiger partial charge in [-0.3, -0.25) is 0 Å². The molecule has 0 saturated heterocycles. The molecule has 0 saturated carbocycles. The number of urea groups is 1. The number of halogens is 2. The Morgan fingerprint density at radius 2 is 1.67 bits per heavy atom. The topological polar surface area (TPSA) is 67.2 Å². The molecule has 0 aromatic heterocycles. The van der Waals surface area contributed by atoms with E-state index in [1.165, 1.54) is 18.2 Å². The van der Waals surface area contributed by atoms with E-state index in [4.69, 9.17) is 5.73 Å². The number of primary amides is 1. The van der Waals surface area contributed by atoms with Crippen LogP contribution in [0.5, 0.6) is 0 Å². The van der Waals surface area contributed by atoms with Gasteiger partial charge < -0.3 is 16.4 Å². The Bertz CT molecular complexity index is 641. The molecule has 21 heavy (non-hydrogen) atoms. The molecule has 0 bridgehead atoms. The SMILES string of the molecule is CC(Nc1cccc(NC(N)=O)c1)c1c(F)cccc1F. The van der Waals surface area contributed by atoms with E-state index in [1.807, 2.05) is 0 Å². The second-order valence-electron chi connectivity index (χ2n) is 4.57. The highest BCUT2D eigenvalue weighted by Crippen LogP contribution is 2.25. The van der Waals surface area contributed by atoms with E-state index < -0.39 is 23.7 Å². The first kappa shape index (κ1) is 14.8. The van der Waals surface area contributed by atoms with Crippen LogP contribution >= 0.6 is 0 Å². The van der Waals surface area contributed by atoms with Crippen molar-refractivity contribution in [2.75, 3.05) is 10.6 Å². The van der Waals surface area contributed by atoms with Crippen LogP contribution in [0.1, 0.15) is 18.5 Å². The van der Waals surface area contributed by atoms with Crippen LogP contribution in [0, 0.1) is 11.6 Å². The fourth-order valence-electron chi connectivity index (χ4n) is 2.08. The van der Waals surface area contributed by atoms with Gasteiger partial charge in [-0.05, 0) is 37.3 Å². The molecule has 0 heterocycles. The van der Waals surface area contributed by atoms with Crippen molar-refractivity contribution in [3.8, 4) is 0 Å². The standard InChI is InChI=1S/C15H15F2N3O/c1-9(14-12(16)6-3-7-13(14)17)19-10-4-2-5-11(8-10)20-15(18)21/h2-9,19H,1H3,(H3,18,20,21). The van der Waals surface area contributed by atoms with E-state index >= 15 is 0 Å². The molecule has 0 radical (unpaired) electrons. The molecule has 2 rings (SSSR count). The third-order valence-corrected chi connectivity index (χ3v) is 2.95. The van der Waals surface area contributed by atoms with Crippen molar-refractivity contribution in [3.05, 3.63) is 59.7 Å². The predicted octanol–water partition coefficient (Wildman–Crippen LogP) is 3.63. The van der Waals surface area contributed by atoms with E-state index in [2.05, 4.69) is 10.6 Å². The fourth-order valence-corrected chi connectivity index (χ4v) is 2.08. The van der Waals surface area contributed by atoms with Gasteiger partial charge in [0.25, 0.3) is 0 Å². The monoisotopic (exact) mass is 291 g/mol. The van der Waals surface area contributed by atoms with Crippen molar-refractivity contribution >= 4 is 17.4 Å². The van der Waals surface area contributed by atoms with Gasteiger partial charge in [0.05, 0.1) is 6.04 Å². The van der Waals surface area contributed by atoms with E-state index in [1.54, 1.807) is 31.2 Å². The highest BCUT2D eigenvalue weighted by Gasteiger charge is 2.15. The van der Waals surface area contributed by atoms with Crippen LogP contribution in [0.25, 0.3) is 0 Å². The average Bonchev–Trinajstić information content (AvgIpc) is 2.37. The first-order chi connectivity index (χ1) is 9.97. The molecular weight excluding hydrogens is 276 g/mol. The van der Waals surface area contributed by atoms with Gasteiger partial charge in [0.2, 0.25) is 0 Å². The van der Waals surface area contributed by atoms with Gasteiger partial charge in [0.15, 0.2) is 0 Å². The zero-order valence-corrected chi connectivity index (χ0v) is 11.4. The van der Waals surface area contributed by atoms with Crippen molar-refractivity contribution in [1.82, 2.24) is 0 Å². The number of hydrogen-bond acceptors (Lipinski definition) is 2. The molecular formula is C15H15F2N3O. The van der Waals surface area contributed by atoms with E-state index in [-0.39, 0.29) is 5.56 Å². The van der Waals surface area contributed by atoms with Gasteiger partial charge in [-0.25, -0.2) is 13.6 Å². The maximum absolute atomic E-state index is 13.7. The van der Waals surface area contributed by atoms with E-state index in [0.29, 0.717) is 11.4 Å². The number of carbonyl (C=O) groups is 1. The van der Waals surface area contributed by atoms with E-state index in [9.17, 15) is 13.6 Å². The van der Waals surface area contributed by atoms with Crippen LogP contribution in [0.15, 0.2) is 42.5 Å². The Morgan fingerprint density at radius 3 is 2.29 bits per heavy atom. The quantitative estimate of drug-likeness (QED) is 0.805. The van der Waals surface area contributed by atoms with Crippen LogP contribution in [-0.4, -0.2) is 6.03 Å². The number of hydrogen-bond donors (Lipinski definition) is 3. The molecule has 1 unspecified atom stereocenters. The van der Waals surface area contributed by atoms with Crippen LogP contribution in [0.3, 0.4) is 0 Å². The van der Waals surface area contributed by atoms with E-state index in [0.717, 1.165) is 0 Å². The lowest BCUT2D eigenvalue weighted by atomic mass is 10.1. The summed E-state index contributed by atoms with van der Waals surface area (Å²) >= 11 is 0. The van der Waals surface area contributed by atoms with Crippen LogP contribution in [0.4, 0.5) is 25.0 Å². The molecule has 6 heteroatoms. The highest BCUT2D eigenvalue weighted by atomic mass is 19.1. The Kier molecular flexibility index (Phi) is 4.37. The van der Waals surface area contributed by atoms with Crippen molar-refractivity contribution in [3.63, 3.8) is 0 Å². The molecule has 2 amide bonds. The minimum Gasteiger partial charge on any atom is -0.378 e. The van der Waals surface area contributed by atoms with Gasteiger partial charge in [-0.1, -0.05) is 12.1 Å². The Balaban J connectivity index is 2.19. The fraction of sp³-hybridized carbons (Fsp3) is 0.133. The van der Waals surface area contributed by atoms with Crippen molar-refractivity contribution in [2.45, 2.75) is 13.0 Å². The smallest absolute Gasteiger partial charge is 0.316 e. The van der Waals surface area contributed by atoms with Crippen LogP contribution in [0.2, 0.25) is 0 Å². The molecule has 0 aliphatic heterocycles. The summed E-state index contributed by atoms with van der Waals surface area (Å²) in [5.74, 6) is -1.22. The molecule has 4 N–H and O–H groups in total. The van der Waals surface area contributed by atoms with Gasteiger partial charge in [-0.2, -0.15) is 0 Å². The lowest BCUT2D eigenvalue weighted by Crippen LogP contribution is -2.19. The number of carbonyl (C=O) groups excluding carboxylic acids is 1. The van der Waals surface area contributed by atoms with Crippen molar-refractivity contribution in [1.29, 1.82) is 0 Å². The third kappa shape index (κ3) is 3.68. The largest absolute Gasteiger partial charge is 0.378 e. The summed E-state index contributed by atoms with van der Waals surface area (Å²) in [5, 5.41) is 5.41. The Morgan fingerprint density at radius 1 is 1.10 bits per heavy atom. The van der Waals surface area contributed by atoms with Gasteiger partial charge >= 0.3 is 6.03 Å². The molecule has 2 aromatic rings. The molecule has 4 nitrogen and oxygen atoms in total. The van der Waals surface area contributed by atoms with Crippen molar-refractivity contribution in [2.24, 2.45) is 5.73 Å². The zero-order chi connectivity index (χ0) is 15.4. The highest BCUT2D eigenvalue weighted by molar-refractivity contribution is 5.88. The molecule has 0 fully saturated rings. The number of nitrogens with two attached hydrogens (primary N) is 1. The number of amides is 2. The summed E-state index contributed by atoms with van der Waals surface area (Å²) in [6.07, 6.45) is 0. The van der Waals surface area contributed by atoms with Crippen LogP contribution in [-0.2, 0) is 0 Å². The lowest BCUT2D eigenvalue weighted by molar-refractivity contribution is 0.259. The summed E-state index contributed by atoms with van der Waals surface area (Å²) in [6.45, 7) is 1.65. The molecule has 0 spiro atoms. The van der Waals surface area contributed by atoms with Gasteiger partial charge in [0, 0.05) is 16.9 Å². The number of rotatable bonds is 4. The molecule has 0 aliphatic carbocycles. The van der Waals surface area contributed by atoms with Crippen LogP contribution < -0.4 is 16.4 Å². The predicted molar refractivity (Wildman–Crippen MR) is 78.0 cm³/mol. The second kappa shape index (κ2) is 6.21. The lowest BCUT2D eigenvalue weighted by Gasteiger charge is -2.17. The summed E-state index contributed by atoms with van der Waals surface area (Å²) in [5.41, 5.74) is 6.10. The molecule has 0 aliphatic rings. The number of anilines is 2. The maximum Gasteiger partial charge on any atom is 0.316 e. The number of nitrogens with one attached hydrogen (secondary N) is 2. The maximum atomic E-state index is 13.7. The first-order valence-corrected chi connectivity index (χ1v) is 6.34. The Labute approximate surface area is 121 Å². The molecule has 110 valence electrons. The summed E-state index contributed by atoms with van der Waals surface area (Å²) in [6, 6.07) is 9.18. The molecule has 1 atom stereocenters. The zero-order valence-electron chi connectivity index (χ0n) is 11.4. The average molecular weight is 291 g/mol. The number of benzene rings is 2. The summed E-state index contributed by atoms with van der Waals surface area (Å²) in [7, 11) is 0. The van der Waals surface area contributed by atoms with Crippen molar-refractivity contribution < 1.29 is 13.6 Å². The second-order valence-corrected chi connectivity index (χ2v) is 4.57. The first-order valence-electron chi connectivity index (χ1n) is 6.34. The minimum atomic E-state index is -0.680. The molecule has 2 aromatic carbocycles. The minimum absolute atomic E-state index is 0.0363.